The fourth-order valence-corrected chi connectivity index (χ4v) is 3.74. The van der Waals surface area contributed by atoms with Gasteiger partial charge in [0.2, 0.25) is 5.91 Å². The van der Waals surface area contributed by atoms with Gasteiger partial charge in [-0.2, -0.15) is 16.9 Å². The number of hydrogen-bond acceptors (Lipinski definition) is 4. The fraction of sp³-hybridized carbons (Fsp3) is 0.412. The lowest BCUT2D eigenvalue weighted by Gasteiger charge is -2.22. The van der Waals surface area contributed by atoms with Crippen LogP contribution in [0.3, 0.4) is 0 Å². The van der Waals surface area contributed by atoms with Crippen molar-refractivity contribution in [2.24, 2.45) is 0 Å². The quantitative estimate of drug-likeness (QED) is 0.904. The number of aromatic nitrogens is 2. The molecule has 1 aromatic carbocycles. The molecule has 6 heteroatoms. The van der Waals surface area contributed by atoms with Crippen molar-refractivity contribution in [3.8, 4) is 5.69 Å². The number of aryl methyl sites for hydroxylation is 2. The Morgan fingerprint density at radius 2 is 2.30 bits per heavy atom. The molecule has 1 saturated heterocycles. The normalized spacial score (nSPS) is 17.9. The smallest absolute Gasteiger partial charge is 0.225 e. The zero-order chi connectivity index (χ0) is 16.2. The maximum atomic E-state index is 12.2. The first-order valence-electron chi connectivity index (χ1n) is 7.86. The van der Waals surface area contributed by atoms with Crippen molar-refractivity contribution in [3.63, 3.8) is 0 Å². The van der Waals surface area contributed by atoms with Gasteiger partial charge in [-0.25, -0.2) is 4.68 Å². The molecule has 2 aromatic rings. The summed E-state index contributed by atoms with van der Waals surface area (Å²) in [5, 5.41) is 10.9. The minimum absolute atomic E-state index is 0.0514. The lowest BCUT2D eigenvalue weighted by molar-refractivity contribution is -0.116. The maximum absolute atomic E-state index is 12.2. The summed E-state index contributed by atoms with van der Waals surface area (Å²) in [6, 6.07) is 10.1. The molecule has 1 aliphatic rings. The number of carbonyl (C=O) groups is 1. The van der Waals surface area contributed by atoms with Crippen LogP contribution in [0, 0.1) is 13.8 Å². The Kier molecular flexibility index (Phi) is 5.03. The van der Waals surface area contributed by atoms with Crippen molar-refractivity contribution >= 4 is 23.4 Å². The van der Waals surface area contributed by atoms with Gasteiger partial charge in [0.15, 0.2) is 0 Å². The molecular weight excluding hydrogens is 308 g/mol. The number of hydrogen-bond donors (Lipinski definition) is 2. The molecule has 1 unspecified atom stereocenters. The average Bonchev–Trinajstić information content (AvgIpc) is 2.87. The van der Waals surface area contributed by atoms with Crippen molar-refractivity contribution in [2.75, 3.05) is 23.4 Å². The van der Waals surface area contributed by atoms with Crippen LogP contribution in [0.4, 0.5) is 5.69 Å². The highest BCUT2D eigenvalue weighted by atomic mass is 32.2. The Bertz CT molecular complexity index is 692. The number of rotatable bonds is 4. The Morgan fingerprint density at radius 3 is 3.00 bits per heavy atom. The van der Waals surface area contributed by atoms with E-state index in [-0.39, 0.29) is 11.9 Å². The van der Waals surface area contributed by atoms with Crippen LogP contribution in [0.25, 0.3) is 5.69 Å². The summed E-state index contributed by atoms with van der Waals surface area (Å²) in [6.45, 7) is 4.98. The number of nitrogens with zero attached hydrogens (tertiary/aromatic N) is 2. The van der Waals surface area contributed by atoms with E-state index >= 15 is 0 Å². The molecule has 1 aromatic heterocycles. The molecule has 122 valence electrons. The Hall–Kier alpha value is -1.79. The standard InChI is InChI=1S/C17H22N4OS/c1-12-8-13(2)21(20-12)16-5-3-4-14(9-16)19-17(22)10-15-11-23-7-6-18-15/h3-5,8-9,15,18H,6-7,10-11H2,1-2H3,(H,19,22). The number of amides is 1. The van der Waals surface area contributed by atoms with Crippen molar-refractivity contribution in [3.05, 3.63) is 41.7 Å². The van der Waals surface area contributed by atoms with E-state index in [1.54, 1.807) is 0 Å². The van der Waals surface area contributed by atoms with Gasteiger partial charge in [-0.3, -0.25) is 4.79 Å². The second-order valence-electron chi connectivity index (χ2n) is 5.87. The highest BCUT2D eigenvalue weighted by Gasteiger charge is 2.16. The third-order valence-corrected chi connectivity index (χ3v) is 4.95. The maximum Gasteiger partial charge on any atom is 0.225 e. The number of carbonyl (C=O) groups excluding carboxylic acids is 1. The van der Waals surface area contributed by atoms with Crippen LogP contribution < -0.4 is 10.6 Å². The van der Waals surface area contributed by atoms with E-state index < -0.39 is 0 Å². The van der Waals surface area contributed by atoms with E-state index in [0.717, 1.165) is 40.8 Å². The summed E-state index contributed by atoms with van der Waals surface area (Å²) in [5.74, 6) is 2.18. The molecule has 23 heavy (non-hydrogen) atoms. The Morgan fingerprint density at radius 1 is 1.43 bits per heavy atom. The molecule has 1 fully saturated rings. The van der Waals surface area contributed by atoms with Crippen LogP contribution in [-0.4, -0.2) is 39.8 Å². The van der Waals surface area contributed by atoms with Gasteiger partial charge in [-0.05, 0) is 38.1 Å². The second kappa shape index (κ2) is 7.19. The summed E-state index contributed by atoms with van der Waals surface area (Å²) in [6.07, 6.45) is 0.511. The van der Waals surface area contributed by atoms with E-state index in [1.165, 1.54) is 0 Å². The number of nitrogens with one attached hydrogen (secondary N) is 2. The topological polar surface area (TPSA) is 59.0 Å². The SMILES string of the molecule is Cc1cc(C)n(-c2cccc(NC(=O)CC3CSCCN3)c2)n1. The van der Waals surface area contributed by atoms with E-state index in [2.05, 4.69) is 15.7 Å². The van der Waals surface area contributed by atoms with Gasteiger partial charge < -0.3 is 10.6 Å². The lowest BCUT2D eigenvalue weighted by atomic mass is 10.2. The average molecular weight is 330 g/mol. The highest BCUT2D eigenvalue weighted by molar-refractivity contribution is 7.99. The Labute approximate surface area is 140 Å². The van der Waals surface area contributed by atoms with Crippen LogP contribution in [-0.2, 0) is 4.79 Å². The molecule has 2 N–H and O–H groups in total. The fourth-order valence-electron chi connectivity index (χ4n) is 2.79. The van der Waals surface area contributed by atoms with Crippen molar-refractivity contribution in [1.29, 1.82) is 0 Å². The molecule has 2 heterocycles. The van der Waals surface area contributed by atoms with Gasteiger partial charge in [-0.1, -0.05) is 6.07 Å². The van der Waals surface area contributed by atoms with Crippen LogP contribution in [0.2, 0.25) is 0 Å². The zero-order valence-electron chi connectivity index (χ0n) is 13.5. The first-order valence-corrected chi connectivity index (χ1v) is 9.02. The van der Waals surface area contributed by atoms with Crippen molar-refractivity contribution in [2.45, 2.75) is 26.3 Å². The monoisotopic (exact) mass is 330 g/mol. The summed E-state index contributed by atoms with van der Waals surface area (Å²) < 4.78 is 1.89. The third kappa shape index (κ3) is 4.14. The third-order valence-electron chi connectivity index (χ3n) is 3.81. The van der Waals surface area contributed by atoms with Crippen LogP contribution >= 0.6 is 11.8 Å². The van der Waals surface area contributed by atoms with E-state index in [0.29, 0.717) is 6.42 Å². The molecule has 1 aliphatic heterocycles. The molecule has 0 bridgehead atoms. The minimum atomic E-state index is 0.0514. The second-order valence-corrected chi connectivity index (χ2v) is 7.02. The molecule has 3 rings (SSSR count). The predicted octanol–water partition coefficient (Wildman–Crippen LogP) is 2.52. The van der Waals surface area contributed by atoms with Gasteiger partial charge in [0.25, 0.3) is 0 Å². The molecule has 0 radical (unpaired) electrons. The van der Waals surface area contributed by atoms with E-state index in [9.17, 15) is 4.79 Å². The number of benzene rings is 1. The summed E-state index contributed by atoms with van der Waals surface area (Å²) in [5.41, 5.74) is 3.83. The number of thioether (sulfide) groups is 1. The Balaban J connectivity index is 1.67. The van der Waals surface area contributed by atoms with Gasteiger partial charge in [-0.15, -0.1) is 0 Å². The molecule has 0 spiro atoms. The van der Waals surface area contributed by atoms with E-state index in [1.807, 2.05) is 60.6 Å². The first kappa shape index (κ1) is 16.1. The van der Waals surface area contributed by atoms with E-state index in [4.69, 9.17) is 0 Å². The molecule has 1 atom stereocenters. The van der Waals surface area contributed by atoms with Gasteiger partial charge in [0.1, 0.15) is 0 Å². The zero-order valence-corrected chi connectivity index (χ0v) is 14.3. The molecule has 1 amide bonds. The van der Waals surface area contributed by atoms with Crippen molar-refractivity contribution < 1.29 is 4.79 Å². The molecule has 0 saturated carbocycles. The first-order chi connectivity index (χ1) is 11.1. The largest absolute Gasteiger partial charge is 0.326 e. The summed E-state index contributed by atoms with van der Waals surface area (Å²) in [7, 11) is 0. The van der Waals surface area contributed by atoms with Crippen LogP contribution in [0.15, 0.2) is 30.3 Å². The predicted molar refractivity (Wildman–Crippen MR) is 95.4 cm³/mol. The van der Waals surface area contributed by atoms with Crippen LogP contribution in [0.1, 0.15) is 17.8 Å². The van der Waals surface area contributed by atoms with Gasteiger partial charge in [0.05, 0.1) is 11.4 Å². The van der Waals surface area contributed by atoms with Crippen molar-refractivity contribution in [1.82, 2.24) is 15.1 Å². The summed E-state index contributed by atoms with van der Waals surface area (Å²) >= 11 is 1.90. The van der Waals surface area contributed by atoms with Gasteiger partial charge in [0, 0.05) is 41.9 Å². The highest BCUT2D eigenvalue weighted by Crippen LogP contribution is 2.17. The lowest BCUT2D eigenvalue weighted by Crippen LogP contribution is -2.39. The van der Waals surface area contributed by atoms with Crippen LogP contribution in [0.5, 0.6) is 0 Å². The van der Waals surface area contributed by atoms with Gasteiger partial charge >= 0.3 is 0 Å². The summed E-state index contributed by atoms with van der Waals surface area (Å²) in [4.78, 5) is 12.2. The molecule has 0 aliphatic carbocycles. The minimum Gasteiger partial charge on any atom is -0.326 e. The number of anilines is 1. The molecule has 5 nitrogen and oxygen atoms in total. The molecular formula is C17H22N4OS.